The lowest BCUT2D eigenvalue weighted by Crippen LogP contribution is -2.41. The molecule has 0 spiro atoms. The van der Waals surface area contributed by atoms with Crippen LogP contribution in [-0.4, -0.2) is 29.7 Å². The molecule has 0 saturated carbocycles. The number of phenols is 1. The average Bonchev–Trinajstić information content (AvgIpc) is 2.67. The molecule has 2 aromatic rings. The number of carbonyl (C=O) groups is 1. The van der Waals surface area contributed by atoms with Gasteiger partial charge in [0.05, 0.1) is 16.8 Å². The fourth-order valence-electron chi connectivity index (χ4n) is 2.61. The van der Waals surface area contributed by atoms with Gasteiger partial charge in [0, 0.05) is 0 Å². The van der Waals surface area contributed by atoms with Crippen LogP contribution >= 0.6 is 0 Å². The van der Waals surface area contributed by atoms with Gasteiger partial charge in [0.1, 0.15) is 5.75 Å². The minimum absolute atomic E-state index is 0.00844. The highest BCUT2D eigenvalue weighted by atomic mass is 16.7. The van der Waals surface area contributed by atoms with Crippen molar-refractivity contribution in [2.75, 3.05) is 0 Å². The van der Waals surface area contributed by atoms with Crippen LogP contribution in [0.5, 0.6) is 5.75 Å². The normalized spacial score (nSPS) is 19.5. The number of hydrogen-bond donors (Lipinski definition) is 1. The summed E-state index contributed by atoms with van der Waals surface area (Å²) in [7, 11) is -0.442. The Kier molecular flexibility index (Phi) is 3.31. The zero-order valence-electron chi connectivity index (χ0n) is 13.2. The van der Waals surface area contributed by atoms with E-state index in [1.165, 1.54) is 6.07 Å². The predicted molar refractivity (Wildman–Crippen MR) is 86.7 cm³/mol. The Balaban J connectivity index is 2.04. The van der Waals surface area contributed by atoms with Gasteiger partial charge in [0.2, 0.25) is 0 Å². The minimum atomic E-state index is -0.442. The summed E-state index contributed by atoms with van der Waals surface area (Å²) in [6.07, 6.45) is 0.673. The summed E-state index contributed by atoms with van der Waals surface area (Å²) in [6, 6.07) is 8.94. The molecule has 1 heterocycles. The highest BCUT2D eigenvalue weighted by molar-refractivity contribution is 6.62. The standard InChI is InChI=1S/C17H19BO4/c1-16(2)17(3,4)22-18(21-16)12-6-7-13-11(9-12)5-8-15(20)14(13)10-19/h5-10,20H,1-4H3/i10+0. The molecule has 1 aliphatic rings. The van der Waals surface area contributed by atoms with E-state index >= 15 is 0 Å². The Hall–Kier alpha value is -1.85. The molecule has 0 aliphatic carbocycles. The predicted octanol–water partition coefficient (Wildman–Crippen LogP) is 2.66. The van der Waals surface area contributed by atoms with Gasteiger partial charge in [0.15, 0.2) is 6.29 Å². The molecule has 2 aromatic carbocycles. The van der Waals surface area contributed by atoms with E-state index in [0.717, 1.165) is 16.2 Å². The molecule has 0 radical (unpaired) electrons. The van der Waals surface area contributed by atoms with E-state index in [1.54, 1.807) is 6.07 Å². The van der Waals surface area contributed by atoms with Crippen LogP contribution in [0, 0.1) is 0 Å². The van der Waals surface area contributed by atoms with Crippen LogP contribution in [0.1, 0.15) is 38.1 Å². The zero-order valence-corrected chi connectivity index (χ0v) is 13.2. The first-order chi connectivity index (χ1) is 10.2. The molecule has 0 amide bonds. The molecule has 1 aliphatic heterocycles. The van der Waals surface area contributed by atoms with Crippen LogP contribution in [0.25, 0.3) is 10.8 Å². The number of hydrogen-bond acceptors (Lipinski definition) is 4. The number of carbonyl (C=O) groups excluding carboxylic acids is 1. The van der Waals surface area contributed by atoms with Crippen molar-refractivity contribution >= 4 is 29.6 Å². The molecule has 114 valence electrons. The second-order valence-electron chi connectivity index (χ2n) is 6.69. The molecule has 1 N–H and O–H groups in total. The lowest BCUT2D eigenvalue weighted by molar-refractivity contribution is 0.00578. The molecule has 5 heteroatoms. The Labute approximate surface area is 130 Å². The highest BCUT2D eigenvalue weighted by Gasteiger charge is 2.51. The minimum Gasteiger partial charge on any atom is -0.507 e. The zero-order chi connectivity index (χ0) is 16.1. The molecule has 3 rings (SSSR count). The molecule has 22 heavy (non-hydrogen) atoms. The third-order valence-electron chi connectivity index (χ3n) is 4.71. The molecule has 0 unspecified atom stereocenters. The van der Waals surface area contributed by atoms with Crippen molar-refractivity contribution in [3.05, 3.63) is 35.9 Å². The molecule has 0 aromatic heterocycles. The van der Waals surface area contributed by atoms with Crippen molar-refractivity contribution in [3.63, 3.8) is 0 Å². The lowest BCUT2D eigenvalue weighted by Gasteiger charge is -2.32. The fourth-order valence-corrected chi connectivity index (χ4v) is 2.61. The first-order valence-electron chi connectivity index (χ1n) is 7.32. The highest BCUT2D eigenvalue weighted by Crippen LogP contribution is 2.36. The van der Waals surface area contributed by atoms with Gasteiger partial charge in [-0.15, -0.1) is 0 Å². The van der Waals surface area contributed by atoms with Gasteiger partial charge in [-0.2, -0.15) is 0 Å². The second-order valence-corrected chi connectivity index (χ2v) is 6.69. The van der Waals surface area contributed by atoms with Crippen LogP contribution < -0.4 is 5.46 Å². The third kappa shape index (κ3) is 2.21. The third-order valence-corrected chi connectivity index (χ3v) is 4.71. The Morgan fingerprint density at radius 3 is 2.27 bits per heavy atom. The molecule has 0 atom stereocenters. The van der Waals surface area contributed by atoms with Crippen LogP contribution in [-0.2, 0) is 9.31 Å². The average molecular weight is 298 g/mol. The number of aromatic hydroxyl groups is 1. The summed E-state index contributed by atoms with van der Waals surface area (Å²) in [5, 5.41) is 11.3. The van der Waals surface area contributed by atoms with Gasteiger partial charge in [-0.3, -0.25) is 4.79 Å². The first kappa shape index (κ1) is 15.1. The second kappa shape index (κ2) is 4.83. The van der Waals surface area contributed by atoms with Crippen molar-refractivity contribution < 1.29 is 19.2 Å². The van der Waals surface area contributed by atoms with E-state index in [4.69, 9.17) is 9.31 Å². The van der Waals surface area contributed by atoms with E-state index in [0.29, 0.717) is 11.8 Å². The molecular weight excluding hydrogens is 279 g/mol. The maximum atomic E-state index is 11.1. The summed E-state index contributed by atoms with van der Waals surface area (Å²) < 4.78 is 12.1. The number of benzene rings is 2. The summed E-state index contributed by atoms with van der Waals surface area (Å²) in [5.41, 5.74) is 0.414. The van der Waals surface area contributed by atoms with Gasteiger partial charge in [-0.1, -0.05) is 24.3 Å². The van der Waals surface area contributed by atoms with Crippen molar-refractivity contribution in [1.29, 1.82) is 0 Å². The van der Waals surface area contributed by atoms with Crippen molar-refractivity contribution in [3.8, 4) is 5.75 Å². The summed E-state index contributed by atoms with van der Waals surface area (Å²) >= 11 is 0. The van der Waals surface area contributed by atoms with Crippen LogP contribution in [0.4, 0.5) is 0 Å². The van der Waals surface area contributed by atoms with Crippen molar-refractivity contribution in [1.82, 2.24) is 0 Å². The number of rotatable bonds is 2. The maximum absolute atomic E-state index is 11.1. The summed E-state index contributed by atoms with van der Waals surface area (Å²) in [5.74, 6) is -0.00844. The maximum Gasteiger partial charge on any atom is 0.494 e. The van der Waals surface area contributed by atoms with Gasteiger partial charge in [-0.05, 0) is 50.0 Å². The topological polar surface area (TPSA) is 55.8 Å². The summed E-state index contributed by atoms with van der Waals surface area (Å²) in [4.78, 5) is 11.1. The Bertz CT molecular complexity index is 736. The molecule has 4 nitrogen and oxygen atoms in total. The van der Waals surface area contributed by atoms with Gasteiger partial charge in [0.25, 0.3) is 0 Å². The SMILES string of the molecule is CC1(C)OB(c2ccc3c([12CH]=O)c(O)ccc3c2)OC1(C)C. The number of phenolic OH excluding ortho intramolecular Hbond substituents is 1. The smallest absolute Gasteiger partial charge is 0.494 e. The molecule has 1 saturated heterocycles. The number of aldehydes is 1. The van der Waals surface area contributed by atoms with Crippen molar-refractivity contribution in [2.45, 2.75) is 38.9 Å². The van der Waals surface area contributed by atoms with Crippen LogP contribution in [0.15, 0.2) is 30.3 Å². The quantitative estimate of drug-likeness (QED) is 0.684. The van der Waals surface area contributed by atoms with E-state index in [-0.39, 0.29) is 5.75 Å². The van der Waals surface area contributed by atoms with E-state index in [9.17, 15) is 9.90 Å². The Morgan fingerprint density at radius 2 is 1.68 bits per heavy atom. The summed E-state index contributed by atoms with van der Waals surface area (Å²) in [6.45, 7) is 8.04. The fraction of sp³-hybridized carbons (Fsp3) is 0.353. The Morgan fingerprint density at radius 1 is 1.05 bits per heavy atom. The van der Waals surface area contributed by atoms with E-state index < -0.39 is 18.3 Å². The molecule has 1 fully saturated rings. The van der Waals surface area contributed by atoms with Gasteiger partial charge in [-0.25, -0.2) is 0 Å². The van der Waals surface area contributed by atoms with Gasteiger partial charge < -0.3 is 14.4 Å². The molecular formula is C17H19BO4. The molecule has 0 bridgehead atoms. The van der Waals surface area contributed by atoms with Crippen LogP contribution in [0.3, 0.4) is 0 Å². The van der Waals surface area contributed by atoms with Crippen molar-refractivity contribution in [2.24, 2.45) is 0 Å². The van der Waals surface area contributed by atoms with Gasteiger partial charge >= 0.3 is 7.12 Å². The first-order valence-corrected chi connectivity index (χ1v) is 7.32. The van der Waals surface area contributed by atoms with E-state index in [1.807, 2.05) is 45.9 Å². The lowest BCUT2D eigenvalue weighted by atomic mass is 9.78. The largest absolute Gasteiger partial charge is 0.507 e. The van der Waals surface area contributed by atoms with E-state index in [2.05, 4.69) is 0 Å². The van der Waals surface area contributed by atoms with Crippen LogP contribution in [0.2, 0.25) is 0 Å². The number of fused-ring (bicyclic) bond motifs is 1. The monoisotopic (exact) mass is 298 g/mol.